The molecule has 0 saturated carbocycles. The molecule has 2 aromatic rings. The third kappa shape index (κ3) is 3.81. The highest BCUT2D eigenvalue weighted by atomic mass is 16.5. The number of carbonyl (C=O) groups is 1. The molecule has 0 bridgehead atoms. The number of ether oxygens (including phenoxy) is 1. The second-order valence-corrected chi connectivity index (χ2v) is 6.05. The molecule has 0 aliphatic heterocycles. The van der Waals surface area contributed by atoms with Crippen molar-refractivity contribution in [1.29, 1.82) is 0 Å². The number of amides is 1. The summed E-state index contributed by atoms with van der Waals surface area (Å²) in [7, 11) is 1.63. The fourth-order valence-corrected chi connectivity index (χ4v) is 2.07. The van der Waals surface area contributed by atoms with Gasteiger partial charge in [0, 0.05) is 24.5 Å². The zero-order valence-corrected chi connectivity index (χ0v) is 13.4. The van der Waals surface area contributed by atoms with Gasteiger partial charge in [0.1, 0.15) is 11.4 Å². The van der Waals surface area contributed by atoms with Gasteiger partial charge >= 0.3 is 0 Å². The van der Waals surface area contributed by atoms with Crippen LogP contribution in [-0.4, -0.2) is 23.0 Å². The molecule has 0 fully saturated rings. The molecule has 1 heterocycles. The van der Waals surface area contributed by atoms with Crippen molar-refractivity contribution in [1.82, 2.24) is 15.3 Å². The van der Waals surface area contributed by atoms with Crippen molar-refractivity contribution in [2.45, 2.75) is 32.7 Å². The number of hydrogen-bond acceptors (Lipinski definition) is 4. The summed E-state index contributed by atoms with van der Waals surface area (Å²) in [5.41, 5.74) is 2.47. The molecular weight excluding hydrogens is 278 g/mol. The van der Waals surface area contributed by atoms with Gasteiger partial charge < -0.3 is 10.1 Å². The van der Waals surface area contributed by atoms with Gasteiger partial charge in [-0.15, -0.1) is 0 Å². The van der Waals surface area contributed by atoms with Crippen LogP contribution in [0.2, 0.25) is 0 Å². The molecule has 5 heteroatoms. The summed E-state index contributed by atoms with van der Waals surface area (Å²) in [6, 6.07) is 6.05. The van der Waals surface area contributed by atoms with E-state index in [0.29, 0.717) is 12.2 Å². The standard InChI is InChI=1S/C17H21N3O2/c1-17(2,3)13-5-6-15(22-4)12(9-13)10-20-16(21)14-11-18-7-8-19-14/h5-9,11H,10H2,1-4H3,(H,20,21). The number of benzene rings is 1. The Hall–Kier alpha value is -2.43. The van der Waals surface area contributed by atoms with Crippen LogP contribution in [0, 0.1) is 0 Å². The second kappa shape index (κ2) is 6.56. The molecule has 0 saturated heterocycles. The molecule has 1 N–H and O–H groups in total. The molecule has 116 valence electrons. The number of rotatable bonds is 4. The van der Waals surface area contributed by atoms with E-state index in [9.17, 15) is 4.79 Å². The molecule has 1 aromatic carbocycles. The van der Waals surface area contributed by atoms with Crippen molar-refractivity contribution in [2.24, 2.45) is 0 Å². The fraction of sp³-hybridized carbons (Fsp3) is 0.353. The van der Waals surface area contributed by atoms with Crippen molar-refractivity contribution in [3.05, 3.63) is 53.6 Å². The van der Waals surface area contributed by atoms with Crippen LogP contribution in [0.5, 0.6) is 5.75 Å². The van der Waals surface area contributed by atoms with E-state index in [-0.39, 0.29) is 11.3 Å². The number of carbonyl (C=O) groups excluding carboxylic acids is 1. The maximum absolute atomic E-state index is 12.0. The van der Waals surface area contributed by atoms with E-state index in [0.717, 1.165) is 11.3 Å². The first-order chi connectivity index (χ1) is 10.4. The van der Waals surface area contributed by atoms with Crippen molar-refractivity contribution in [3.63, 3.8) is 0 Å². The number of nitrogens with zero attached hydrogens (tertiary/aromatic N) is 2. The number of hydrogen-bond donors (Lipinski definition) is 1. The highest BCUT2D eigenvalue weighted by Gasteiger charge is 2.16. The van der Waals surface area contributed by atoms with E-state index in [4.69, 9.17) is 4.74 Å². The Labute approximate surface area is 130 Å². The summed E-state index contributed by atoms with van der Waals surface area (Å²) in [4.78, 5) is 19.9. The lowest BCUT2D eigenvalue weighted by Gasteiger charge is -2.21. The molecule has 22 heavy (non-hydrogen) atoms. The van der Waals surface area contributed by atoms with Crippen molar-refractivity contribution in [3.8, 4) is 5.75 Å². The maximum Gasteiger partial charge on any atom is 0.271 e. The predicted molar refractivity (Wildman–Crippen MR) is 84.9 cm³/mol. The summed E-state index contributed by atoms with van der Waals surface area (Å²) in [5, 5.41) is 2.85. The molecule has 1 amide bonds. The highest BCUT2D eigenvalue weighted by Crippen LogP contribution is 2.27. The topological polar surface area (TPSA) is 64.1 Å². The predicted octanol–water partition coefficient (Wildman–Crippen LogP) is 2.71. The van der Waals surface area contributed by atoms with Crippen LogP contribution in [-0.2, 0) is 12.0 Å². The molecule has 0 aliphatic rings. The quantitative estimate of drug-likeness (QED) is 0.943. The van der Waals surface area contributed by atoms with Crippen molar-refractivity contribution >= 4 is 5.91 Å². The van der Waals surface area contributed by atoms with Gasteiger partial charge in [-0.05, 0) is 23.1 Å². The lowest BCUT2D eigenvalue weighted by Crippen LogP contribution is -2.24. The van der Waals surface area contributed by atoms with Crippen LogP contribution >= 0.6 is 0 Å². The number of nitrogens with one attached hydrogen (secondary N) is 1. The largest absolute Gasteiger partial charge is 0.496 e. The molecule has 1 aromatic heterocycles. The molecule has 0 atom stereocenters. The number of aromatic nitrogens is 2. The van der Waals surface area contributed by atoms with E-state index < -0.39 is 0 Å². The summed E-state index contributed by atoms with van der Waals surface area (Å²) >= 11 is 0. The fourth-order valence-electron chi connectivity index (χ4n) is 2.07. The smallest absolute Gasteiger partial charge is 0.271 e. The summed E-state index contributed by atoms with van der Waals surface area (Å²) in [6.07, 6.45) is 4.47. The van der Waals surface area contributed by atoms with Crippen LogP contribution in [0.3, 0.4) is 0 Å². The Morgan fingerprint density at radius 1 is 1.27 bits per heavy atom. The Morgan fingerprint density at radius 2 is 2.05 bits per heavy atom. The zero-order chi connectivity index (χ0) is 16.2. The van der Waals surface area contributed by atoms with Gasteiger partial charge in [0.25, 0.3) is 5.91 Å². The molecule has 0 radical (unpaired) electrons. The van der Waals surface area contributed by atoms with Crippen molar-refractivity contribution < 1.29 is 9.53 Å². The molecular formula is C17H21N3O2. The Bertz CT molecular complexity index is 649. The Morgan fingerprint density at radius 3 is 2.64 bits per heavy atom. The van der Waals surface area contributed by atoms with E-state index in [1.54, 1.807) is 7.11 Å². The first-order valence-corrected chi connectivity index (χ1v) is 7.13. The minimum Gasteiger partial charge on any atom is -0.496 e. The first kappa shape index (κ1) is 15.9. The average Bonchev–Trinajstić information content (AvgIpc) is 2.52. The van der Waals surface area contributed by atoms with Gasteiger partial charge in [-0.1, -0.05) is 26.8 Å². The molecule has 5 nitrogen and oxygen atoms in total. The second-order valence-electron chi connectivity index (χ2n) is 6.05. The van der Waals surface area contributed by atoms with Gasteiger partial charge in [0.2, 0.25) is 0 Å². The van der Waals surface area contributed by atoms with E-state index >= 15 is 0 Å². The minimum absolute atomic E-state index is 0.0376. The van der Waals surface area contributed by atoms with Crippen LogP contribution in [0.1, 0.15) is 42.4 Å². The van der Waals surface area contributed by atoms with Crippen LogP contribution in [0.15, 0.2) is 36.8 Å². The molecule has 2 rings (SSSR count). The van der Waals surface area contributed by atoms with Crippen LogP contribution in [0.4, 0.5) is 0 Å². The lowest BCUT2D eigenvalue weighted by molar-refractivity contribution is 0.0945. The van der Waals surface area contributed by atoms with Gasteiger partial charge in [-0.2, -0.15) is 0 Å². The van der Waals surface area contributed by atoms with Crippen LogP contribution < -0.4 is 10.1 Å². The first-order valence-electron chi connectivity index (χ1n) is 7.13. The third-order valence-corrected chi connectivity index (χ3v) is 3.38. The summed E-state index contributed by atoms with van der Waals surface area (Å²) < 4.78 is 5.37. The maximum atomic E-state index is 12.0. The van der Waals surface area contributed by atoms with E-state index in [1.165, 1.54) is 24.2 Å². The highest BCUT2D eigenvalue weighted by molar-refractivity contribution is 5.91. The van der Waals surface area contributed by atoms with Gasteiger partial charge in [0.05, 0.1) is 13.3 Å². The number of methoxy groups -OCH3 is 1. The third-order valence-electron chi connectivity index (χ3n) is 3.38. The monoisotopic (exact) mass is 299 g/mol. The lowest BCUT2D eigenvalue weighted by atomic mass is 9.86. The normalized spacial score (nSPS) is 11.1. The van der Waals surface area contributed by atoms with Gasteiger partial charge in [-0.3, -0.25) is 9.78 Å². The van der Waals surface area contributed by atoms with Crippen LogP contribution in [0.25, 0.3) is 0 Å². The molecule has 0 unspecified atom stereocenters. The average molecular weight is 299 g/mol. The van der Waals surface area contributed by atoms with Crippen molar-refractivity contribution in [2.75, 3.05) is 7.11 Å². The Balaban J connectivity index is 2.16. The van der Waals surface area contributed by atoms with Gasteiger partial charge in [0.15, 0.2) is 0 Å². The van der Waals surface area contributed by atoms with E-state index in [2.05, 4.69) is 42.1 Å². The molecule has 0 aliphatic carbocycles. The molecule has 0 spiro atoms. The minimum atomic E-state index is -0.253. The zero-order valence-electron chi connectivity index (χ0n) is 13.4. The SMILES string of the molecule is COc1ccc(C(C)(C)C)cc1CNC(=O)c1cnccn1. The summed E-state index contributed by atoms with van der Waals surface area (Å²) in [5.74, 6) is 0.503. The van der Waals surface area contributed by atoms with Gasteiger partial charge in [-0.25, -0.2) is 4.98 Å². The Kier molecular flexibility index (Phi) is 4.75. The summed E-state index contributed by atoms with van der Waals surface area (Å²) in [6.45, 7) is 6.83. The van der Waals surface area contributed by atoms with E-state index in [1.807, 2.05) is 12.1 Å².